The van der Waals surface area contributed by atoms with Crippen molar-refractivity contribution in [2.24, 2.45) is 5.92 Å². The smallest absolute Gasteiger partial charge is 0.308 e. The highest BCUT2D eigenvalue weighted by Crippen LogP contribution is 2.21. The predicted octanol–water partition coefficient (Wildman–Crippen LogP) is -0.523. The van der Waals surface area contributed by atoms with E-state index in [4.69, 9.17) is 5.11 Å². The molecule has 112 valence electrons. The first-order valence-corrected chi connectivity index (χ1v) is 7.63. The fourth-order valence-electron chi connectivity index (χ4n) is 1.94. The van der Waals surface area contributed by atoms with Crippen LogP contribution < -0.4 is 4.72 Å². The van der Waals surface area contributed by atoms with Gasteiger partial charge in [-0.15, -0.1) is 0 Å². The molecule has 1 fully saturated rings. The van der Waals surface area contributed by atoms with E-state index in [9.17, 15) is 13.2 Å². The van der Waals surface area contributed by atoms with E-state index < -0.39 is 15.7 Å². The highest BCUT2D eigenvalue weighted by Gasteiger charge is 2.34. The summed E-state index contributed by atoms with van der Waals surface area (Å²) >= 11 is 0. The Balaban J connectivity index is 2.62. The van der Waals surface area contributed by atoms with Gasteiger partial charge in [0.1, 0.15) is 0 Å². The summed E-state index contributed by atoms with van der Waals surface area (Å²) in [4.78, 5) is 11.4. The molecule has 0 unspecified atom stereocenters. The average Bonchev–Trinajstić information content (AvgIpc) is 2.37. The molecule has 1 aliphatic heterocycles. The summed E-state index contributed by atoms with van der Waals surface area (Å²) in [5, 5.41) is 9.10. The first-order valence-electron chi connectivity index (χ1n) is 6.19. The van der Waals surface area contributed by atoms with E-state index in [-0.39, 0.29) is 31.6 Å². The van der Waals surface area contributed by atoms with E-state index in [1.54, 1.807) is 13.8 Å². The van der Waals surface area contributed by atoms with E-state index in [1.165, 1.54) is 11.4 Å². The van der Waals surface area contributed by atoms with E-state index in [1.807, 2.05) is 0 Å². The molecule has 0 aliphatic carbocycles. The van der Waals surface area contributed by atoms with E-state index >= 15 is 0 Å². The SMILES string of the molecule is COC(=O)C1CCN(S(=O)(=O)NC(C)(C)CO)CC1. The van der Waals surface area contributed by atoms with Crippen LogP contribution in [0.4, 0.5) is 0 Å². The number of esters is 1. The van der Waals surface area contributed by atoms with E-state index in [0.29, 0.717) is 12.8 Å². The van der Waals surface area contributed by atoms with Gasteiger partial charge in [-0.3, -0.25) is 4.79 Å². The van der Waals surface area contributed by atoms with Crippen LogP contribution in [-0.4, -0.2) is 56.1 Å². The number of ether oxygens (including phenoxy) is 1. The standard InChI is InChI=1S/C11H22N2O5S/c1-11(2,8-14)12-19(16,17)13-6-4-9(5-7-13)10(15)18-3/h9,12,14H,4-8H2,1-3H3. The minimum absolute atomic E-state index is 0.234. The molecule has 8 heteroatoms. The molecule has 7 nitrogen and oxygen atoms in total. The fourth-order valence-corrected chi connectivity index (χ4v) is 3.53. The lowest BCUT2D eigenvalue weighted by Crippen LogP contribution is -2.54. The van der Waals surface area contributed by atoms with Gasteiger partial charge in [0.2, 0.25) is 0 Å². The summed E-state index contributed by atoms with van der Waals surface area (Å²) in [6.07, 6.45) is 0.903. The Bertz CT molecular complexity index is 413. The second kappa shape index (κ2) is 6.17. The summed E-state index contributed by atoms with van der Waals surface area (Å²) < 4.78 is 32.6. The van der Waals surface area contributed by atoms with Crippen molar-refractivity contribution in [2.45, 2.75) is 32.2 Å². The zero-order chi connectivity index (χ0) is 14.7. The van der Waals surface area contributed by atoms with Crippen LogP contribution in [-0.2, 0) is 19.7 Å². The molecule has 0 aromatic rings. The topological polar surface area (TPSA) is 95.9 Å². The zero-order valence-electron chi connectivity index (χ0n) is 11.5. The van der Waals surface area contributed by atoms with Gasteiger partial charge in [0.05, 0.1) is 25.2 Å². The monoisotopic (exact) mass is 294 g/mol. The van der Waals surface area contributed by atoms with Crippen LogP contribution in [0.2, 0.25) is 0 Å². The highest BCUT2D eigenvalue weighted by atomic mass is 32.2. The molecule has 0 bridgehead atoms. The molecule has 0 aromatic carbocycles. The Labute approximate surface area is 114 Å². The van der Waals surface area contributed by atoms with Crippen LogP contribution in [0.1, 0.15) is 26.7 Å². The van der Waals surface area contributed by atoms with Gasteiger partial charge in [-0.05, 0) is 26.7 Å². The summed E-state index contributed by atoms with van der Waals surface area (Å²) in [6.45, 7) is 3.47. The lowest BCUT2D eigenvalue weighted by molar-refractivity contribution is -0.146. The van der Waals surface area contributed by atoms with Crippen molar-refractivity contribution < 1.29 is 23.1 Å². The molecule has 0 atom stereocenters. The van der Waals surface area contributed by atoms with Crippen molar-refractivity contribution in [1.29, 1.82) is 0 Å². The maximum atomic E-state index is 12.1. The van der Waals surface area contributed by atoms with Crippen LogP contribution in [0.25, 0.3) is 0 Å². The molecule has 1 aliphatic rings. The summed E-state index contributed by atoms with van der Waals surface area (Å²) in [5.41, 5.74) is -0.905. The number of carbonyl (C=O) groups is 1. The molecule has 0 spiro atoms. The molecule has 1 saturated heterocycles. The molecule has 0 aromatic heterocycles. The first kappa shape index (κ1) is 16.4. The van der Waals surface area contributed by atoms with Crippen molar-refractivity contribution in [1.82, 2.24) is 9.03 Å². The number of methoxy groups -OCH3 is 1. The molecule has 1 heterocycles. The first-order chi connectivity index (χ1) is 8.72. The van der Waals surface area contributed by atoms with Gasteiger partial charge < -0.3 is 9.84 Å². The third-order valence-electron chi connectivity index (χ3n) is 3.13. The summed E-state index contributed by atoms with van der Waals surface area (Å²) in [7, 11) is -2.31. The number of hydrogen-bond acceptors (Lipinski definition) is 5. The van der Waals surface area contributed by atoms with Crippen molar-refractivity contribution in [2.75, 3.05) is 26.8 Å². The van der Waals surface area contributed by atoms with Crippen LogP contribution in [0.3, 0.4) is 0 Å². The van der Waals surface area contributed by atoms with Crippen LogP contribution in [0.5, 0.6) is 0 Å². The Morgan fingerprint density at radius 1 is 1.42 bits per heavy atom. The minimum Gasteiger partial charge on any atom is -0.469 e. The number of rotatable bonds is 5. The molecule has 0 amide bonds. The Morgan fingerprint density at radius 2 is 1.95 bits per heavy atom. The summed E-state index contributed by atoms with van der Waals surface area (Å²) in [6, 6.07) is 0. The van der Waals surface area contributed by atoms with Crippen molar-refractivity contribution >= 4 is 16.2 Å². The number of piperidine rings is 1. The number of hydrogen-bond donors (Lipinski definition) is 2. The highest BCUT2D eigenvalue weighted by molar-refractivity contribution is 7.87. The molecule has 0 radical (unpaired) electrons. The third kappa shape index (κ3) is 4.41. The Morgan fingerprint density at radius 3 is 2.37 bits per heavy atom. The van der Waals surface area contributed by atoms with E-state index in [0.717, 1.165) is 0 Å². The molecular formula is C11H22N2O5S. The molecular weight excluding hydrogens is 272 g/mol. The van der Waals surface area contributed by atoms with Crippen molar-refractivity contribution in [3.63, 3.8) is 0 Å². The zero-order valence-corrected chi connectivity index (χ0v) is 12.4. The number of nitrogens with one attached hydrogen (secondary N) is 1. The van der Waals surface area contributed by atoms with Crippen LogP contribution in [0, 0.1) is 5.92 Å². The van der Waals surface area contributed by atoms with Crippen LogP contribution >= 0.6 is 0 Å². The van der Waals surface area contributed by atoms with Gasteiger partial charge in [-0.2, -0.15) is 17.4 Å². The van der Waals surface area contributed by atoms with E-state index in [2.05, 4.69) is 9.46 Å². The normalized spacial score (nSPS) is 19.4. The summed E-state index contributed by atoms with van der Waals surface area (Å²) in [5.74, 6) is -0.525. The second-order valence-electron chi connectivity index (χ2n) is 5.35. The predicted molar refractivity (Wildman–Crippen MR) is 69.5 cm³/mol. The number of aliphatic hydroxyl groups excluding tert-OH is 1. The van der Waals surface area contributed by atoms with Gasteiger partial charge in [0, 0.05) is 13.1 Å². The van der Waals surface area contributed by atoms with Gasteiger partial charge in [0.25, 0.3) is 10.2 Å². The number of carbonyl (C=O) groups excluding carboxylic acids is 1. The maximum absolute atomic E-state index is 12.1. The van der Waals surface area contributed by atoms with Gasteiger partial charge in [-0.1, -0.05) is 0 Å². The maximum Gasteiger partial charge on any atom is 0.308 e. The second-order valence-corrected chi connectivity index (χ2v) is 7.02. The molecule has 2 N–H and O–H groups in total. The molecule has 1 rings (SSSR count). The fraction of sp³-hybridized carbons (Fsp3) is 0.909. The lowest BCUT2D eigenvalue weighted by Gasteiger charge is -2.33. The van der Waals surface area contributed by atoms with Crippen molar-refractivity contribution in [3.05, 3.63) is 0 Å². The number of aliphatic hydroxyl groups is 1. The largest absolute Gasteiger partial charge is 0.469 e. The van der Waals surface area contributed by atoms with Gasteiger partial charge >= 0.3 is 5.97 Å². The van der Waals surface area contributed by atoms with Crippen LogP contribution in [0.15, 0.2) is 0 Å². The molecule has 0 saturated carbocycles. The quantitative estimate of drug-likeness (QED) is 0.665. The lowest BCUT2D eigenvalue weighted by atomic mass is 9.99. The van der Waals surface area contributed by atoms with Gasteiger partial charge in [0.15, 0.2) is 0 Å². The molecule has 19 heavy (non-hydrogen) atoms. The minimum atomic E-state index is -3.64. The third-order valence-corrected chi connectivity index (χ3v) is 4.98. The Hall–Kier alpha value is -0.700. The van der Waals surface area contributed by atoms with Gasteiger partial charge in [-0.25, -0.2) is 0 Å². The number of nitrogens with zero attached hydrogens (tertiary/aromatic N) is 1. The Kier molecular flexibility index (Phi) is 5.31. The van der Waals surface area contributed by atoms with Crippen molar-refractivity contribution in [3.8, 4) is 0 Å². The average molecular weight is 294 g/mol.